The molecule has 1 aromatic heterocycles. The summed E-state index contributed by atoms with van der Waals surface area (Å²) in [6, 6.07) is 0.123. The fourth-order valence-electron chi connectivity index (χ4n) is 3.18. The quantitative estimate of drug-likeness (QED) is 0.868. The zero-order valence-corrected chi connectivity index (χ0v) is 13.9. The van der Waals surface area contributed by atoms with Gasteiger partial charge in [-0.1, -0.05) is 13.8 Å². The van der Waals surface area contributed by atoms with Crippen molar-refractivity contribution in [2.75, 3.05) is 19.6 Å². The number of carbonyl (C=O) groups excluding carboxylic acids is 1. The SMILES string of the molecule is CC1CC(C)CN(CC(C)NC(=O)c2csc(CN)n2)C1. The number of nitrogens with one attached hydrogen (secondary N) is 1. The molecule has 118 valence electrons. The van der Waals surface area contributed by atoms with E-state index in [0.717, 1.165) is 36.5 Å². The molecule has 5 nitrogen and oxygen atoms in total. The van der Waals surface area contributed by atoms with Gasteiger partial charge in [0.1, 0.15) is 10.7 Å². The topological polar surface area (TPSA) is 71.2 Å². The summed E-state index contributed by atoms with van der Waals surface area (Å²) >= 11 is 1.43. The predicted octanol–water partition coefficient (Wildman–Crippen LogP) is 1.70. The van der Waals surface area contributed by atoms with Crippen molar-refractivity contribution in [1.29, 1.82) is 0 Å². The Morgan fingerprint density at radius 1 is 1.52 bits per heavy atom. The van der Waals surface area contributed by atoms with Gasteiger partial charge in [0.2, 0.25) is 0 Å². The van der Waals surface area contributed by atoms with Crippen LogP contribution in [0.25, 0.3) is 0 Å². The highest BCUT2D eigenvalue weighted by atomic mass is 32.1. The second-order valence-corrected chi connectivity index (χ2v) is 7.31. The van der Waals surface area contributed by atoms with E-state index in [-0.39, 0.29) is 11.9 Å². The molecule has 2 heterocycles. The van der Waals surface area contributed by atoms with Crippen LogP contribution in [-0.4, -0.2) is 41.5 Å². The van der Waals surface area contributed by atoms with Gasteiger partial charge in [0.05, 0.1) is 0 Å². The number of rotatable bonds is 5. The average Bonchev–Trinajstić information content (AvgIpc) is 2.85. The maximum atomic E-state index is 12.1. The van der Waals surface area contributed by atoms with Crippen LogP contribution < -0.4 is 11.1 Å². The normalized spacial score (nSPS) is 24.8. The molecule has 0 aliphatic carbocycles. The minimum atomic E-state index is -0.100. The van der Waals surface area contributed by atoms with E-state index in [4.69, 9.17) is 5.73 Å². The molecule has 3 N–H and O–H groups in total. The van der Waals surface area contributed by atoms with E-state index in [1.165, 1.54) is 17.8 Å². The molecule has 0 radical (unpaired) electrons. The minimum Gasteiger partial charge on any atom is -0.347 e. The lowest BCUT2D eigenvalue weighted by Gasteiger charge is -2.36. The summed E-state index contributed by atoms with van der Waals surface area (Å²) in [4.78, 5) is 18.8. The van der Waals surface area contributed by atoms with Gasteiger partial charge in [-0.15, -0.1) is 11.3 Å². The van der Waals surface area contributed by atoms with Crippen LogP contribution in [0.15, 0.2) is 5.38 Å². The third kappa shape index (κ3) is 4.76. The van der Waals surface area contributed by atoms with Crippen LogP contribution in [0.3, 0.4) is 0 Å². The Labute approximate surface area is 130 Å². The van der Waals surface area contributed by atoms with E-state index in [1.807, 2.05) is 0 Å². The number of amides is 1. The number of hydrogen-bond donors (Lipinski definition) is 2. The van der Waals surface area contributed by atoms with Crippen LogP contribution in [0.5, 0.6) is 0 Å². The molecule has 1 aliphatic heterocycles. The number of nitrogens with two attached hydrogens (primary N) is 1. The molecule has 6 heteroatoms. The van der Waals surface area contributed by atoms with Gasteiger partial charge in [-0.05, 0) is 25.2 Å². The fourth-order valence-corrected chi connectivity index (χ4v) is 3.84. The average molecular weight is 310 g/mol. The van der Waals surface area contributed by atoms with Crippen molar-refractivity contribution >= 4 is 17.2 Å². The van der Waals surface area contributed by atoms with Gasteiger partial charge in [0.25, 0.3) is 5.91 Å². The lowest BCUT2D eigenvalue weighted by atomic mass is 9.92. The van der Waals surface area contributed by atoms with E-state index in [1.54, 1.807) is 5.38 Å². The van der Waals surface area contributed by atoms with Gasteiger partial charge < -0.3 is 16.0 Å². The van der Waals surface area contributed by atoms with Gasteiger partial charge >= 0.3 is 0 Å². The number of aromatic nitrogens is 1. The molecule has 1 amide bonds. The summed E-state index contributed by atoms with van der Waals surface area (Å²) in [5, 5.41) is 5.60. The molecule has 1 aromatic rings. The number of hydrogen-bond acceptors (Lipinski definition) is 5. The lowest BCUT2D eigenvalue weighted by molar-refractivity contribution is 0.0900. The van der Waals surface area contributed by atoms with Crippen molar-refractivity contribution in [2.45, 2.75) is 39.8 Å². The molecule has 0 saturated carbocycles. The van der Waals surface area contributed by atoms with Crippen molar-refractivity contribution in [2.24, 2.45) is 17.6 Å². The number of carbonyl (C=O) groups is 1. The minimum absolute atomic E-state index is 0.100. The van der Waals surface area contributed by atoms with Crippen LogP contribution in [0.2, 0.25) is 0 Å². The van der Waals surface area contributed by atoms with Gasteiger partial charge in [-0.25, -0.2) is 4.98 Å². The van der Waals surface area contributed by atoms with Crippen LogP contribution in [0.1, 0.15) is 42.7 Å². The fraction of sp³-hybridized carbons (Fsp3) is 0.733. The highest BCUT2D eigenvalue weighted by Gasteiger charge is 2.23. The summed E-state index contributed by atoms with van der Waals surface area (Å²) < 4.78 is 0. The first-order valence-corrected chi connectivity index (χ1v) is 8.53. The molecule has 2 rings (SSSR count). The Morgan fingerprint density at radius 2 is 2.19 bits per heavy atom. The van der Waals surface area contributed by atoms with Crippen molar-refractivity contribution in [3.05, 3.63) is 16.1 Å². The first-order chi connectivity index (χ1) is 9.97. The molecule has 21 heavy (non-hydrogen) atoms. The van der Waals surface area contributed by atoms with Crippen molar-refractivity contribution in [3.8, 4) is 0 Å². The molecule has 1 aliphatic rings. The largest absolute Gasteiger partial charge is 0.347 e. The lowest BCUT2D eigenvalue weighted by Crippen LogP contribution is -2.47. The second kappa shape index (κ2) is 7.33. The van der Waals surface area contributed by atoms with Crippen LogP contribution in [0, 0.1) is 11.8 Å². The molecular formula is C15H26N4OS. The molecule has 0 aromatic carbocycles. The number of likely N-dealkylation sites (tertiary alicyclic amines) is 1. The van der Waals surface area contributed by atoms with Crippen LogP contribution in [-0.2, 0) is 6.54 Å². The van der Waals surface area contributed by atoms with Crippen molar-refractivity contribution < 1.29 is 4.79 Å². The number of nitrogens with zero attached hydrogens (tertiary/aromatic N) is 2. The van der Waals surface area contributed by atoms with Crippen LogP contribution >= 0.6 is 11.3 Å². The van der Waals surface area contributed by atoms with E-state index in [9.17, 15) is 4.79 Å². The van der Waals surface area contributed by atoms with E-state index >= 15 is 0 Å². The third-order valence-electron chi connectivity index (χ3n) is 3.81. The first kappa shape index (κ1) is 16.4. The highest BCUT2D eigenvalue weighted by molar-refractivity contribution is 7.09. The first-order valence-electron chi connectivity index (χ1n) is 7.65. The second-order valence-electron chi connectivity index (χ2n) is 6.37. The Morgan fingerprint density at radius 3 is 2.76 bits per heavy atom. The monoisotopic (exact) mass is 310 g/mol. The van der Waals surface area contributed by atoms with Crippen LogP contribution in [0.4, 0.5) is 0 Å². The van der Waals surface area contributed by atoms with Gasteiger partial charge in [-0.3, -0.25) is 4.79 Å². The molecule has 1 fully saturated rings. The Hall–Kier alpha value is -0.980. The third-order valence-corrected chi connectivity index (χ3v) is 4.68. The number of piperidine rings is 1. The summed E-state index contributed by atoms with van der Waals surface area (Å²) in [6.07, 6.45) is 1.30. The zero-order chi connectivity index (χ0) is 15.4. The molecule has 3 atom stereocenters. The Bertz CT molecular complexity index is 466. The van der Waals surface area contributed by atoms with Gasteiger partial charge in [0.15, 0.2) is 0 Å². The Kier molecular flexibility index (Phi) is 5.72. The predicted molar refractivity (Wildman–Crippen MR) is 86.3 cm³/mol. The smallest absolute Gasteiger partial charge is 0.271 e. The van der Waals surface area contributed by atoms with E-state index in [2.05, 4.69) is 36.0 Å². The van der Waals surface area contributed by atoms with Crippen molar-refractivity contribution in [3.63, 3.8) is 0 Å². The highest BCUT2D eigenvalue weighted by Crippen LogP contribution is 2.20. The van der Waals surface area contributed by atoms with Gasteiger partial charge in [0, 0.05) is 37.6 Å². The number of thiazole rings is 1. The maximum absolute atomic E-state index is 12.1. The summed E-state index contributed by atoms with van der Waals surface area (Å²) in [6.45, 7) is 10.2. The summed E-state index contributed by atoms with van der Waals surface area (Å²) in [5.74, 6) is 1.38. The van der Waals surface area contributed by atoms with E-state index in [0.29, 0.717) is 12.2 Å². The molecule has 3 unspecified atom stereocenters. The Balaban J connectivity index is 1.83. The molecule has 0 bridgehead atoms. The molecule has 1 saturated heterocycles. The zero-order valence-electron chi connectivity index (χ0n) is 13.1. The standard InChI is InChI=1S/C15H26N4OS/c1-10-4-11(2)7-19(6-10)8-12(3)17-15(20)13-9-21-14(5-16)18-13/h9-12H,4-8,16H2,1-3H3,(H,17,20). The molecule has 0 spiro atoms. The van der Waals surface area contributed by atoms with E-state index < -0.39 is 0 Å². The summed E-state index contributed by atoms with van der Waals surface area (Å²) in [7, 11) is 0. The maximum Gasteiger partial charge on any atom is 0.271 e. The van der Waals surface area contributed by atoms with Gasteiger partial charge in [-0.2, -0.15) is 0 Å². The molecular weight excluding hydrogens is 284 g/mol. The summed E-state index contributed by atoms with van der Waals surface area (Å²) in [5.41, 5.74) is 6.00. The van der Waals surface area contributed by atoms with Crippen molar-refractivity contribution in [1.82, 2.24) is 15.2 Å².